The first-order valence-corrected chi connectivity index (χ1v) is 5.27. The van der Waals surface area contributed by atoms with Crippen LogP contribution in [0.3, 0.4) is 0 Å². The van der Waals surface area contributed by atoms with Gasteiger partial charge < -0.3 is 0 Å². The topological polar surface area (TPSA) is 49.7 Å². The van der Waals surface area contributed by atoms with Crippen molar-refractivity contribution in [2.75, 3.05) is 5.01 Å². The summed E-state index contributed by atoms with van der Waals surface area (Å²) in [5.74, 6) is -0.389. The summed E-state index contributed by atoms with van der Waals surface area (Å²) in [7, 11) is 0. The minimum atomic E-state index is -0.389. The monoisotopic (exact) mass is 228 g/mol. The molecule has 2 aromatic rings. The van der Waals surface area contributed by atoms with Crippen LogP contribution < -0.4 is 5.01 Å². The van der Waals surface area contributed by atoms with Crippen LogP contribution in [0.15, 0.2) is 41.7 Å². The fourth-order valence-electron chi connectivity index (χ4n) is 1.90. The minimum absolute atomic E-state index is 0.389. The molecule has 0 aromatic heterocycles. The van der Waals surface area contributed by atoms with E-state index >= 15 is 0 Å². The van der Waals surface area contributed by atoms with Crippen LogP contribution in [-0.2, 0) is 4.79 Å². The molecule has 4 heteroatoms. The Kier molecular flexibility index (Phi) is 2.87. The Labute approximate surface area is 98.8 Å². The molecular weight excluding hydrogens is 216 g/mol. The lowest BCUT2D eigenvalue weighted by atomic mass is 10.0. The predicted octanol–water partition coefficient (Wildman–Crippen LogP) is 3.18. The highest BCUT2D eigenvalue weighted by Gasteiger charge is 2.17. The summed E-state index contributed by atoms with van der Waals surface area (Å²) in [4.78, 5) is 22.2. The Morgan fingerprint density at radius 1 is 1.18 bits per heavy atom. The Morgan fingerprint density at radius 3 is 2.53 bits per heavy atom. The van der Waals surface area contributed by atoms with Gasteiger partial charge in [0.1, 0.15) is 0 Å². The van der Waals surface area contributed by atoms with E-state index in [4.69, 9.17) is 0 Å². The summed E-state index contributed by atoms with van der Waals surface area (Å²) in [5.41, 5.74) is 1.41. The van der Waals surface area contributed by atoms with Crippen LogP contribution in [0.25, 0.3) is 10.8 Å². The summed E-state index contributed by atoms with van der Waals surface area (Å²) < 4.78 is 0. The molecule has 0 saturated carbocycles. The van der Waals surface area contributed by atoms with Crippen LogP contribution in [0.4, 0.5) is 5.69 Å². The Bertz CT molecular complexity index is 593. The van der Waals surface area contributed by atoms with Gasteiger partial charge in [-0.1, -0.05) is 36.4 Å². The molecule has 0 spiro atoms. The number of fused-ring (bicyclic) bond motifs is 1. The summed E-state index contributed by atoms with van der Waals surface area (Å²) in [6.07, 6.45) is 0. The second-order valence-corrected chi connectivity index (χ2v) is 3.86. The molecule has 0 aliphatic heterocycles. The van der Waals surface area contributed by atoms with Gasteiger partial charge in [0.25, 0.3) is 0 Å². The van der Waals surface area contributed by atoms with E-state index in [1.807, 2.05) is 43.3 Å². The molecule has 17 heavy (non-hydrogen) atoms. The van der Waals surface area contributed by atoms with E-state index in [1.54, 1.807) is 0 Å². The molecule has 0 aliphatic carbocycles. The van der Waals surface area contributed by atoms with Crippen LogP contribution in [-0.4, -0.2) is 5.91 Å². The number of benzene rings is 2. The second-order valence-electron chi connectivity index (χ2n) is 3.86. The zero-order chi connectivity index (χ0) is 12.4. The highest BCUT2D eigenvalue weighted by molar-refractivity contribution is 6.03. The number of carbonyl (C=O) groups is 1. The number of aryl methyl sites for hydroxylation is 1. The molecule has 0 unspecified atom stereocenters. The number of nitrogens with zero attached hydrogens (tertiary/aromatic N) is 2. The third-order valence-corrected chi connectivity index (χ3v) is 2.69. The van der Waals surface area contributed by atoms with E-state index in [9.17, 15) is 9.70 Å². The fourth-order valence-corrected chi connectivity index (χ4v) is 1.90. The first-order chi connectivity index (χ1) is 8.15. The molecule has 0 radical (unpaired) electrons. The molecule has 2 rings (SSSR count). The smallest absolute Gasteiger partial charge is 0.246 e. The highest BCUT2D eigenvalue weighted by atomic mass is 16.3. The first-order valence-electron chi connectivity index (χ1n) is 5.27. The number of hydrogen-bond donors (Lipinski definition) is 0. The summed E-state index contributed by atoms with van der Waals surface area (Å²) in [6.45, 7) is 3.17. The SMILES string of the molecule is CC(=O)N(N=O)c1c(C)ccc2ccccc12. The van der Waals surface area contributed by atoms with Crippen LogP contribution in [0.1, 0.15) is 12.5 Å². The highest BCUT2D eigenvalue weighted by Crippen LogP contribution is 2.30. The lowest BCUT2D eigenvalue weighted by Gasteiger charge is -2.16. The molecule has 0 atom stereocenters. The molecule has 0 heterocycles. The maximum atomic E-state index is 11.4. The molecule has 0 N–H and O–H groups in total. The van der Waals surface area contributed by atoms with Crippen molar-refractivity contribution in [2.24, 2.45) is 5.29 Å². The van der Waals surface area contributed by atoms with Crippen LogP contribution in [0, 0.1) is 11.8 Å². The lowest BCUT2D eigenvalue weighted by molar-refractivity contribution is -0.116. The van der Waals surface area contributed by atoms with Crippen LogP contribution in [0.2, 0.25) is 0 Å². The average Bonchev–Trinajstić information content (AvgIpc) is 2.32. The molecule has 1 amide bonds. The van der Waals surface area contributed by atoms with Crippen LogP contribution in [0.5, 0.6) is 0 Å². The quantitative estimate of drug-likeness (QED) is 0.585. The van der Waals surface area contributed by atoms with Crippen molar-refractivity contribution in [3.63, 3.8) is 0 Å². The number of amides is 1. The first kappa shape index (κ1) is 11.3. The summed E-state index contributed by atoms with van der Waals surface area (Å²) in [6, 6.07) is 11.4. The van der Waals surface area contributed by atoms with E-state index < -0.39 is 0 Å². The van der Waals surface area contributed by atoms with Crippen LogP contribution >= 0.6 is 0 Å². The van der Waals surface area contributed by atoms with E-state index in [0.717, 1.165) is 21.3 Å². The van der Waals surface area contributed by atoms with Crippen molar-refractivity contribution in [1.82, 2.24) is 0 Å². The summed E-state index contributed by atoms with van der Waals surface area (Å²) >= 11 is 0. The minimum Gasteiger partial charge on any atom is -0.273 e. The van der Waals surface area contributed by atoms with Crippen molar-refractivity contribution >= 4 is 22.4 Å². The Hall–Kier alpha value is -2.23. The number of rotatable bonds is 2. The van der Waals surface area contributed by atoms with E-state index in [1.165, 1.54) is 6.92 Å². The Balaban J connectivity index is 2.78. The molecular formula is C13H12N2O2. The van der Waals surface area contributed by atoms with Gasteiger partial charge in [-0.3, -0.25) is 4.79 Å². The average molecular weight is 228 g/mol. The zero-order valence-corrected chi connectivity index (χ0v) is 9.68. The van der Waals surface area contributed by atoms with Crippen molar-refractivity contribution in [2.45, 2.75) is 13.8 Å². The van der Waals surface area contributed by atoms with Gasteiger partial charge in [-0.2, -0.15) is 5.01 Å². The van der Waals surface area contributed by atoms with Gasteiger partial charge in [0.15, 0.2) is 0 Å². The third-order valence-electron chi connectivity index (χ3n) is 2.69. The largest absolute Gasteiger partial charge is 0.273 e. The zero-order valence-electron chi connectivity index (χ0n) is 9.68. The van der Waals surface area contributed by atoms with Crippen molar-refractivity contribution < 1.29 is 4.79 Å². The van der Waals surface area contributed by atoms with Crippen molar-refractivity contribution in [3.8, 4) is 0 Å². The predicted molar refractivity (Wildman–Crippen MR) is 67.6 cm³/mol. The van der Waals surface area contributed by atoms with Crippen molar-refractivity contribution in [1.29, 1.82) is 0 Å². The number of anilines is 1. The van der Waals surface area contributed by atoms with Gasteiger partial charge in [-0.25, -0.2) is 0 Å². The standard InChI is InChI=1S/C13H12N2O2/c1-9-7-8-11-5-3-4-6-12(11)13(9)15(14-17)10(2)16/h3-8H,1-2H3. The molecule has 0 saturated heterocycles. The maximum absolute atomic E-state index is 11.4. The van der Waals surface area contributed by atoms with Gasteiger partial charge in [0.2, 0.25) is 5.91 Å². The summed E-state index contributed by atoms with van der Waals surface area (Å²) in [5, 5.41) is 5.53. The molecule has 2 aromatic carbocycles. The molecule has 0 bridgehead atoms. The van der Waals surface area contributed by atoms with E-state index in [0.29, 0.717) is 5.69 Å². The normalized spacial score (nSPS) is 10.2. The third kappa shape index (κ3) is 1.89. The van der Waals surface area contributed by atoms with Gasteiger partial charge in [0.05, 0.1) is 11.0 Å². The van der Waals surface area contributed by atoms with Gasteiger partial charge >= 0.3 is 0 Å². The number of hydrogen-bond acceptors (Lipinski definition) is 3. The molecule has 4 nitrogen and oxygen atoms in total. The lowest BCUT2D eigenvalue weighted by Crippen LogP contribution is -2.22. The second kappa shape index (κ2) is 4.33. The number of nitroso groups, excluding NO2 is 1. The van der Waals surface area contributed by atoms with E-state index in [-0.39, 0.29) is 5.91 Å². The molecule has 0 aliphatic rings. The molecule has 0 fully saturated rings. The number of carbonyl (C=O) groups excluding carboxylic acids is 1. The maximum Gasteiger partial charge on any atom is 0.246 e. The Morgan fingerprint density at radius 2 is 1.88 bits per heavy atom. The molecule has 86 valence electrons. The van der Waals surface area contributed by atoms with E-state index in [2.05, 4.69) is 5.29 Å². The van der Waals surface area contributed by atoms with Gasteiger partial charge in [-0.05, 0) is 17.9 Å². The van der Waals surface area contributed by atoms with Gasteiger partial charge in [0, 0.05) is 12.3 Å². The van der Waals surface area contributed by atoms with Crippen molar-refractivity contribution in [3.05, 3.63) is 46.9 Å². The fraction of sp³-hybridized carbons (Fsp3) is 0.154. The van der Waals surface area contributed by atoms with Gasteiger partial charge in [-0.15, -0.1) is 4.91 Å².